The number of urea groups is 1. The van der Waals surface area contributed by atoms with Crippen molar-refractivity contribution in [1.29, 1.82) is 0 Å². The van der Waals surface area contributed by atoms with E-state index < -0.39 is 0 Å². The van der Waals surface area contributed by atoms with E-state index in [1.807, 2.05) is 36.1 Å². The average Bonchev–Trinajstić information content (AvgIpc) is 3.10. The third-order valence-electron chi connectivity index (χ3n) is 6.74. The molecule has 1 aromatic rings. The van der Waals surface area contributed by atoms with Crippen LogP contribution in [0.15, 0.2) is 24.3 Å². The molecule has 2 aliphatic heterocycles. The van der Waals surface area contributed by atoms with E-state index in [0.29, 0.717) is 6.04 Å². The minimum atomic E-state index is -0.0401. The van der Waals surface area contributed by atoms with Crippen LogP contribution in [0.25, 0.3) is 0 Å². The summed E-state index contributed by atoms with van der Waals surface area (Å²) in [4.78, 5) is 14.4. The average molecular weight is 343 g/mol. The Labute approximate surface area is 151 Å². The zero-order valence-corrected chi connectivity index (χ0v) is 15.4. The zero-order chi connectivity index (χ0) is 17.2. The van der Waals surface area contributed by atoms with Gasteiger partial charge in [0, 0.05) is 24.6 Å². The molecule has 1 aromatic carbocycles. The van der Waals surface area contributed by atoms with E-state index in [2.05, 4.69) is 10.6 Å². The fraction of sp³-hybridized carbons (Fsp3) is 0.667. The summed E-state index contributed by atoms with van der Waals surface area (Å²) in [6, 6.07) is 10.7. The number of piperidine rings is 2. The van der Waals surface area contributed by atoms with Crippen molar-refractivity contribution in [2.45, 2.75) is 88.9 Å². The van der Waals surface area contributed by atoms with Gasteiger partial charge in [-0.1, -0.05) is 18.2 Å². The molecule has 2 bridgehead atoms. The topological polar surface area (TPSA) is 45.6 Å². The highest BCUT2D eigenvalue weighted by Gasteiger charge is 2.46. The Balaban J connectivity index is 1.36. The molecule has 2 amide bonds. The Morgan fingerprint density at radius 1 is 0.960 bits per heavy atom. The second kappa shape index (κ2) is 7.36. The van der Waals surface area contributed by atoms with E-state index in [1.54, 1.807) is 0 Å². The van der Waals surface area contributed by atoms with Crippen molar-refractivity contribution in [1.82, 2.24) is 5.32 Å². The number of carbonyl (C=O) groups is 1. The molecule has 3 N–H and O–H groups in total. The first-order chi connectivity index (χ1) is 12.2. The first kappa shape index (κ1) is 16.9. The van der Waals surface area contributed by atoms with Crippen LogP contribution in [-0.2, 0) is 0 Å². The number of anilines is 1. The van der Waals surface area contributed by atoms with Gasteiger partial charge in [0.25, 0.3) is 0 Å². The van der Waals surface area contributed by atoms with Crippen molar-refractivity contribution in [3.63, 3.8) is 0 Å². The van der Waals surface area contributed by atoms with Gasteiger partial charge in [0.05, 0.1) is 18.1 Å². The quantitative estimate of drug-likeness (QED) is 0.777. The van der Waals surface area contributed by atoms with Crippen LogP contribution in [0.3, 0.4) is 0 Å². The predicted octanol–water partition coefficient (Wildman–Crippen LogP) is 3.03. The van der Waals surface area contributed by atoms with Gasteiger partial charge in [-0.05, 0) is 63.5 Å². The van der Waals surface area contributed by atoms with Gasteiger partial charge in [0.15, 0.2) is 0 Å². The number of carbonyl (C=O) groups excluding carboxylic acids is 1. The van der Waals surface area contributed by atoms with Crippen molar-refractivity contribution >= 4 is 11.7 Å². The normalized spacial score (nSPS) is 32.4. The molecule has 0 aromatic heterocycles. The van der Waals surface area contributed by atoms with Gasteiger partial charge < -0.3 is 15.5 Å². The summed E-state index contributed by atoms with van der Waals surface area (Å²) in [5.74, 6) is 0. The highest BCUT2D eigenvalue weighted by molar-refractivity contribution is 5.90. The highest BCUT2D eigenvalue weighted by Crippen LogP contribution is 2.26. The van der Waals surface area contributed by atoms with Crippen LogP contribution in [0, 0.1) is 6.92 Å². The van der Waals surface area contributed by atoms with Crippen LogP contribution >= 0.6 is 0 Å². The highest BCUT2D eigenvalue weighted by atomic mass is 16.2. The molecule has 1 aliphatic carbocycles. The standard InChI is InChI=1S/C21H31N3O/c1-15-7-2-5-12-20(15)23-21(25)22-16-13-18-10-6-11-19(14-16)24(18)17-8-3-4-9-17/h2,5,7,12,16-19H,3-4,6,8-11,13-14H2,1H3,(H2,22,23,25)/p+1/t16?,18-,19+. The maximum absolute atomic E-state index is 12.5. The second-order valence-corrected chi connectivity index (χ2v) is 8.39. The van der Waals surface area contributed by atoms with Crippen LogP contribution in [0.4, 0.5) is 10.5 Å². The van der Waals surface area contributed by atoms with Crippen molar-refractivity contribution in [3.8, 4) is 0 Å². The Morgan fingerprint density at radius 2 is 1.60 bits per heavy atom. The Morgan fingerprint density at radius 3 is 2.28 bits per heavy atom. The van der Waals surface area contributed by atoms with E-state index in [4.69, 9.17) is 0 Å². The molecule has 4 heteroatoms. The molecule has 4 atom stereocenters. The molecule has 4 rings (SSSR count). The van der Waals surface area contributed by atoms with Gasteiger partial charge in [-0.2, -0.15) is 0 Å². The van der Waals surface area contributed by atoms with Gasteiger partial charge in [0.2, 0.25) is 0 Å². The SMILES string of the molecule is Cc1ccccc1NC(=O)NC1C[C@H]2CCC[C@@H](C1)[NH+]2C1CCCC1. The molecular weight excluding hydrogens is 310 g/mol. The van der Waals surface area contributed by atoms with E-state index in [1.165, 1.54) is 44.9 Å². The van der Waals surface area contributed by atoms with Crippen molar-refractivity contribution in [2.75, 3.05) is 5.32 Å². The maximum Gasteiger partial charge on any atom is 0.319 e. The third-order valence-corrected chi connectivity index (χ3v) is 6.74. The van der Waals surface area contributed by atoms with Crippen LogP contribution in [0.5, 0.6) is 0 Å². The van der Waals surface area contributed by atoms with Gasteiger partial charge in [0.1, 0.15) is 0 Å². The molecule has 2 heterocycles. The number of quaternary nitrogens is 1. The fourth-order valence-electron chi connectivity index (χ4n) is 5.67. The molecule has 4 nitrogen and oxygen atoms in total. The number of hydrogen-bond donors (Lipinski definition) is 3. The summed E-state index contributed by atoms with van der Waals surface area (Å²) in [6.45, 7) is 2.03. The summed E-state index contributed by atoms with van der Waals surface area (Å²) >= 11 is 0. The van der Waals surface area contributed by atoms with Crippen LogP contribution in [0.2, 0.25) is 0 Å². The Hall–Kier alpha value is -1.55. The molecule has 2 unspecified atom stereocenters. The minimum Gasteiger partial charge on any atom is -0.335 e. The van der Waals surface area contributed by atoms with Gasteiger partial charge in [-0.3, -0.25) is 0 Å². The first-order valence-corrected chi connectivity index (χ1v) is 10.2. The lowest BCUT2D eigenvalue weighted by Crippen LogP contribution is -3.24. The largest absolute Gasteiger partial charge is 0.335 e. The van der Waals surface area contributed by atoms with E-state index in [9.17, 15) is 4.79 Å². The summed E-state index contributed by atoms with van der Waals surface area (Å²) in [6.07, 6.45) is 12.1. The van der Waals surface area contributed by atoms with Crippen molar-refractivity contribution in [3.05, 3.63) is 29.8 Å². The smallest absolute Gasteiger partial charge is 0.319 e. The summed E-state index contributed by atoms with van der Waals surface area (Å²) in [5.41, 5.74) is 2.02. The lowest BCUT2D eigenvalue weighted by atomic mass is 9.80. The van der Waals surface area contributed by atoms with E-state index in [-0.39, 0.29) is 6.03 Å². The third kappa shape index (κ3) is 3.69. The van der Waals surface area contributed by atoms with Gasteiger partial charge >= 0.3 is 6.03 Å². The predicted molar refractivity (Wildman–Crippen MR) is 101 cm³/mol. The molecule has 136 valence electrons. The first-order valence-electron chi connectivity index (χ1n) is 10.2. The number of benzene rings is 1. The fourth-order valence-corrected chi connectivity index (χ4v) is 5.67. The summed E-state index contributed by atoms with van der Waals surface area (Å²) < 4.78 is 0. The summed E-state index contributed by atoms with van der Waals surface area (Å²) in [7, 11) is 0. The van der Waals surface area contributed by atoms with Crippen molar-refractivity contribution in [2.24, 2.45) is 0 Å². The monoisotopic (exact) mass is 342 g/mol. The molecule has 25 heavy (non-hydrogen) atoms. The number of hydrogen-bond acceptors (Lipinski definition) is 1. The van der Waals surface area contributed by atoms with Crippen LogP contribution in [-0.4, -0.2) is 30.2 Å². The van der Waals surface area contributed by atoms with Crippen LogP contribution in [0.1, 0.15) is 63.4 Å². The molecule has 0 radical (unpaired) electrons. The minimum absolute atomic E-state index is 0.0401. The molecular formula is C21H32N3O+. The number of nitrogens with one attached hydrogen (secondary N) is 3. The second-order valence-electron chi connectivity index (χ2n) is 8.39. The lowest BCUT2D eigenvalue weighted by molar-refractivity contribution is -0.982. The molecule has 3 fully saturated rings. The van der Waals surface area contributed by atoms with Crippen LogP contribution < -0.4 is 15.5 Å². The molecule has 2 saturated heterocycles. The van der Waals surface area contributed by atoms with Crippen molar-refractivity contribution < 1.29 is 9.69 Å². The molecule has 0 spiro atoms. The van der Waals surface area contributed by atoms with E-state index >= 15 is 0 Å². The number of para-hydroxylation sites is 1. The Bertz CT molecular complexity index is 597. The number of rotatable bonds is 3. The van der Waals surface area contributed by atoms with Gasteiger partial charge in [-0.15, -0.1) is 0 Å². The summed E-state index contributed by atoms with van der Waals surface area (Å²) in [5, 5.41) is 6.30. The number of fused-ring (bicyclic) bond motifs is 2. The van der Waals surface area contributed by atoms with Gasteiger partial charge in [-0.25, -0.2) is 4.79 Å². The maximum atomic E-state index is 12.5. The van der Waals surface area contributed by atoms with E-state index in [0.717, 1.165) is 42.2 Å². The lowest BCUT2D eigenvalue weighted by Gasteiger charge is -2.48. The Kier molecular flexibility index (Phi) is 4.98. The molecule has 3 aliphatic rings. The number of aryl methyl sites for hydroxylation is 1. The molecule has 1 saturated carbocycles. The zero-order valence-electron chi connectivity index (χ0n) is 15.4. The number of amides is 2.